The van der Waals surface area contributed by atoms with Crippen molar-refractivity contribution in [1.29, 1.82) is 0 Å². The number of esters is 1. The highest BCUT2D eigenvalue weighted by atomic mass is 16.5. The molecule has 1 saturated heterocycles. The van der Waals surface area contributed by atoms with Gasteiger partial charge in [0.05, 0.1) is 29.9 Å². The minimum atomic E-state index is -1.73. The third-order valence-corrected chi connectivity index (χ3v) is 9.90. The lowest BCUT2D eigenvalue weighted by atomic mass is 9.80. The Kier molecular flexibility index (Phi) is 7.06. The van der Waals surface area contributed by atoms with Gasteiger partial charge in [-0.2, -0.15) is 0 Å². The second kappa shape index (κ2) is 10.9. The molecule has 2 aliphatic carbocycles. The van der Waals surface area contributed by atoms with E-state index in [0.29, 0.717) is 34.9 Å². The first-order valence-electron chi connectivity index (χ1n) is 15.7. The molecule has 50 heavy (non-hydrogen) atoms. The van der Waals surface area contributed by atoms with Crippen LogP contribution in [0, 0.1) is 11.3 Å². The fourth-order valence-corrected chi connectivity index (χ4v) is 7.44. The van der Waals surface area contributed by atoms with Crippen molar-refractivity contribution in [3.05, 3.63) is 76.9 Å². The monoisotopic (exact) mass is 682 g/mol. The fourth-order valence-electron chi connectivity index (χ4n) is 7.44. The first kappa shape index (κ1) is 32.4. The number of likely N-dealkylation sites (tertiary alicyclic amines) is 1. The molecule has 0 unspecified atom stereocenters. The SMILES string of the molecule is COC(=O)[C@@]1(C)NC2=C(C1=O)[C@]13C[C@H]1CN(C(=O)c1cc(NC(=O)c4cc(NC(=O)c5cc(NC(C)=O)cn5C)cn4C)cn1C)C3=CC2=O. The van der Waals surface area contributed by atoms with Crippen LogP contribution < -0.4 is 21.3 Å². The van der Waals surface area contributed by atoms with Crippen LogP contribution >= 0.6 is 0 Å². The minimum Gasteiger partial charge on any atom is -0.467 e. The molecule has 258 valence electrons. The molecule has 0 radical (unpaired) electrons. The highest BCUT2D eigenvalue weighted by Gasteiger charge is 2.73. The maximum atomic E-state index is 14.0. The summed E-state index contributed by atoms with van der Waals surface area (Å²) in [5, 5.41) is 11.0. The van der Waals surface area contributed by atoms with Crippen molar-refractivity contribution in [1.82, 2.24) is 23.9 Å². The lowest BCUT2D eigenvalue weighted by Crippen LogP contribution is -2.52. The van der Waals surface area contributed by atoms with Crippen LogP contribution in [0.1, 0.15) is 51.7 Å². The summed E-state index contributed by atoms with van der Waals surface area (Å²) >= 11 is 0. The number of nitrogens with zero attached hydrogens (tertiary/aromatic N) is 4. The van der Waals surface area contributed by atoms with Gasteiger partial charge < -0.3 is 44.6 Å². The molecule has 0 bridgehead atoms. The number of rotatable bonds is 7. The minimum absolute atomic E-state index is 0.0757. The topological polar surface area (TPSA) is 195 Å². The van der Waals surface area contributed by atoms with Crippen molar-refractivity contribution in [2.75, 3.05) is 29.6 Å². The number of amides is 4. The summed E-state index contributed by atoms with van der Waals surface area (Å²) < 4.78 is 9.52. The first-order valence-corrected chi connectivity index (χ1v) is 15.7. The molecule has 16 nitrogen and oxygen atoms in total. The quantitative estimate of drug-likeness (QED) is 0.211. The van der Waals surface area contributed by atoms with E-state index in [4.69, 9.17) is 4.74 Å². The molecular weight excluding hydrogens is 648 g/mol. The lowest BCUT2D eigenvalue weighted by molar-refractivity contribution is -0.150. The van der Waals surface area contributed by atoms with Gasteiger partial charge >= 0.3 is 5.97 Å². The Balaban J connectivity index is 1.06. The average molecular weight is 683 g/mol. The Morgan fingerprint density at radius 2 is 1.36 bits per heavy atom. The summed E-state index contributed by atoms with van der Waals surface area (Å²) in [6, 6.07) is 4.57. The first-order chi connectivity index (χ1) is 23.6. The van der Waals surface area contributed by atoms with Gasteiger partial charge in [-0.3, -0.25) is 28.8 Å². The summed E-state index contributed by atoms with van der Waals surface area (Å²) in [5.74, 6) is -3.55. The number of hydrogen-bond acceptors (Lipinski definition) is 9. The summed E-state index contributed by atoms with van der Waals surface area (Å²) in [5.41, 5.74) is 0.0927. The van der Waals surface area contributed by atoms with Crippen LogP contribution in [-0.4, -0.2) is 79.0 Å². The molecule has 16 heteroatoms. The highest BCUT2D eigenvalue weighted by molar-refractivity contribution is 6.26. The molecule has 1 saturated carbocycles. The fraction of sp³-hybridized carbons (Fsp3) is 0.324. The smallest absolute Gasteiger partial charge is 0.339 e. The number of ketones is 2. The molecule has 4 amide bonds. The van der Waals surface area contributed by atoms with Gasteiger partial charge in [0.1, 0.15) is 17.1 Å². The van der Waals surface area contributed by atoms with Crippen molar-refractivity contribution >= 4 is 58.2 Å². The number of anilines is 3. The second-order valence-corrected chi connectivity index (χ2v) is 13.3. The normalized spacial score (nSPS) is 23.0. The van der Waals surface area contributed by atoms with Crippen molar-refractivity contribution in [2.45, 2.75) is 25.8 Å². The average Bonchev–Trinajstić information content (AvgIpc) is 3.49. The zero-order valence-electron chi connectivity index (χ0n) is 28.1. The van der Waals surface area contributed by atoms with Gasteiger partial charge in [0.25, 0.3) is 17.7 Å². The molecule has 7 rings (SSSR count). The third-order valence-electron chi connectivity index (χ3n) is 9.90. The maximum absolute atomic E-state index is 14.0. The second-order valence-electron chi connectivity index (χ2n) is 13.3. The van der Waals surface area contributed by atoms with Crippen LogP contribution in [0.25, 0.3) is 0 Å². The van der Waals surface area contributed by atoms with Crippen LogP contribution in [0.15, 0.2) is 59.8 Å². The maximum Gasteiger partial charge on any atom is 0.339 e. The summed E-state index contributed by atoms with van der Waals surface area (Å²) in [6.07, 6.45) is 6.70. The molecular formula is C34H34N8O8. The lowest BCUT2D eigenvalue weighted by Gasteiger charge is -2.28. The number of aryl methyl sites for hydroxylation is 3. The van der Waals surface area contributed by atoms with E-state index in [0.717, 1.165) is 0 Å². The number of aromatic nitrogens is 3. The molecule has 1 spiro atoms. The standard InChI is InChI=1S/C34H34N8O8/c1-16(43)35-18-7-21(39(3)13-18)29(46)36-19-8-22(40(4)14-19)30(47)37-20-9-23(41(5)15-20)31(48)42-12-17-11-34(17)25(42)10-24(44)27-26(34)28(45)33(2,38-27)32(49)50-6/h7-10,13-15,17,38H,11-12H2,1-6H3,(H,35,43)(H,36,46)(H,37,47)/t17-,33-,34+/m0/s1. The number of piperidine rings is 1. The summed E-state index contributed by atoms with van der Waals surface area (Å²) in [6.45, 7) is 3.04. The summed E-state index contributed by atoms with van der Waals surface area (Å²) in [7, 11) is 6.14. The van der Waals surface area contributed by atoms with Gasteiger partial charge in [-0.15, -0.1) is 0 Å². The molecule has 2 fully saturated rings. The Morgan fingerprint density at radius 1 is 0.840 bits per heavy atom. The van der Waals surface area contributed by atoms with Crippen molar-refractivity contribution in [3.8, 4) is 0 Å². The molecule has 4 N–H and O–H groups in total. The Labute approximate surface area is 285 Å². The van der Waals surface area contributed by atoms with Crippen LogP contribution in [0.3, 0.4) is 0 Å². The van der Waals surface area contributed by atoms with E-state index in [-0.39, 0.29) is 41.0 Å². The van der Waals surface area contributed by atoms with E-state index in [9.17, 15) is 33.6 Å². The van der Waals surface area contributed by atoms with Crippen molar-refractivity contribution in [2.24, 2.45) is 32.5 Å². The number of nitrogens with one attached hydrogen (secondary N) is 4. The highest BCUT2D eigenvalue weighted by Crippen LogP contribution is 2.70. The number of hydrogen-bond donors (Lipinski definition) is 4. The number of methoxy groups -OCH3 is 1. The molecule has 4 aliphatic rings. The van der Waals surface area contributed by atoms with Gasteiger partial charge in [0, 0.05) is 76.0 Å². The van der Waals surface area contributed by atoms with Crippen molar-refractivity contribution < 1.29 is 38.3 Å². The number of allylic oxidation sites excluding steroid dienone is 2. The van der Waals surface area contributed by atoms with E-state index in [1.54, 1.807) is 53.4 Å². The Bertz CT molecular complexity index is 2180. The molecule has 3 aromatic heterocycles. The van der Waals surface area contributed by atoms with Crippen LogP contribution in [0.2, 0.25) is 0 Å². The van der Waals surface area contributed by atoms with Gasteiger partial charge in [0.2, 0.25) is 11.7 Å². The number of ether oxygens (including phenoxy) is 1. The van der Waals surface area contributed by atoms with Crippen molar-refractivity contribution in [3.63, 3.8) is 0 Å². The predicted octanol–water partition coefficient (Wildman–Crippen LogP) is 1.45. The van der Waals surface area contributed by atoms with E-state index < -0.39 is 46.2 Å². The number of Topliss-reactive ketones (excluding diaryl/α,β-unsaturated/α-hetero) is 1. The van der Waals surface area contributed by atoms with Crippen LogP contribution in [0.5, 0.6) is 0 Å². The molecule has 2 aliphatic heterocycles. The van der Waals surface area contributed by atoms with Gasteiger partial charge in [0.15, 0.2) is 11.3 Å². The number of carbonyl (C=O) groups excluding carboxylic acids is 7. The summed E-state index contributed by atoms with van der Waals surface area (Å²) in [4.78, 5) is 92.5. The van der Waals surface area contributed by atoms with Crippen LogP contribution in [0.4, 0.5) is 17.1 Å². The van der Waals surface area contributed by atoms with Crippen LogP contribution in [-0.2, 0) is 45.1 Å². The zero-order valence-corrected chi connectivity index (χ0v) is 28.1. The third kappa shape index (κ3) is 4.69. The predicted molar refractivity (Wildman–Crippen MR) is 177 cm³/mol. The molecule has 5 heterocycles. The van der Waals surface area contributed by atoms with Gasteiger partial charge in [-0.05, 0) is 37.5 Å². The Hall–Kier alpha value is -6.19. The largest absolute Gasteiger partial charge is 0.467 e. The van der Waals surface area contributed by atoms with E-state index in [1.807, 2.05) is 0 Å². The molecule has 3 atom stereocenters. The Morgan fingerprint density at radius 3 is 1.90 bits per heavy atom. The van der Waals surface area contributed by atoms with Gasteiger partial charge in [-0.25, -0.2) is 4.79 Å². The number of carbonyl (C=O) groups is 7. The van der Waals surface area contributed by atoms with E-state index >= 15 is 0 Å². The molecule has 3 aromatic rings. The zero-order chi connectivity index (χ0) is 36.0. The van der Waals surface area contributed by atoms with E-state index in [2.05, 4.69) is 21.3 Å². The molecule has 0 aromatic carbocycles. The van der Waals surface area contributed by atoms with E-state index in [1.165, 1.54) is 50.1 Å². The van der Waals surface area contributed by atoms with Gasteiger partial charge in [-0.1, -0.05) is 0 Å².